The first kappa shape index (κ1) is 55.8. The molecule has 0 amide bonds. The first-order chi connectivity index (χ1) is 28.3. The van der Waals surface area contributed by atoms with E-state index in [2.05, 4.69) is 76.3 Å². The molecule has 5 heteroatoms. The Kier molecular flexibility index (Phi) is 49.8. The molecule has 0 N–H and O–H groups in total. The van der Waals surface area contributed by atoms with Gasteiger partial charge in [0, 0.05) is 0 Å². The average molecular weight is 803 g/mol. The Bertz CT molecular complexity index is 783. The molecular formula is C52H98O5. The molecule has 2 unspecified atom stereocenters. The molecule has 0 aromatic heterocycles. The van der Waals surface area contributed by atoms with E-state index in [1.165, 1.54) is 180 Å². The Balaban J connectivity index is 4.18. The van der Waals surface area contributed by atoms with Crippen molar-refractivity contribution in [1.29, 1.82) is 0 Å². The molecule has 2 atom stereocenters. The van der Waals surface area contributed by atoms with Gasteiger partial charge in [0.15, 0.2) is 26.2 Å². The van der Waals surface area contributed by atoms with Crippen LogP contribution in [-0.2, 0) is 23.7 Å². The lowest BCUT2D eigenvalue weighted by Crippen LogP contribution is -2.23. The van der Waals surface area contributed by atoms with Gasteiger partial charge < -0.3 is 23.7 Å². The van der Waals surface area contributed by atoms with Crippen molar-refractivity contribution in [2.75, 3.05) is 26.8 Å². The molecule has 0 aliphatic rings. The Labute approximate surface area is 356 Å². The van der Waals surface area contributed by atoms with Crippen LogP contribution in [-0.4, -0.2) is 39.4 Å². The summed E-state index contributed by atoms with van der Waals surface area (Å²) in [5.41, 5.74) is 0. The van der Waals surface area contributed by atoms with Gasteiger partial charge >= 0.3 is 0 Å². The van der Waals surface area contributed by atoms with Crippen LogP contribution in [0, 0.1) is 0 Å². The predicted molar refractivity (Wildman–Crippen MR) is 249 cm³/mol. The number of hydrogen-bond acceptors (Lipinski definition) is 5. The predicted octanol–water partition coefficient (Wildman–Crippen LogP) is 17.2. The monoisotopic (exact) mass is 803 g/mol. The molecule has 0 rings (SSSR count). The molecule has 0 aliphatic carbocycles. The Morgan fingerprint density at radius 3 is 0.895 bits per heavy atom. The largest absolute Gasteiger partial charge is 0.352 e. The second-order valence-corrected chi connectivity index (χ2v) is 16.2. The van der Waals surface area contributed by atoms with Gasteiger partial charge in [-0.25, -0.2) is 0 Å². The molecular weight excluding hydrogens is 705 g/mol. The van der Waals surface area contributed by atoms with Crippen molar-refractivity contribution >= 4 is 0 Å². The van der Waals surface area contributed by atoms with Gasteiger partial charge in [-0.1, -0.05) is 192 Å². The second-order valence-electron chi connectivity index (χ2n) is 16.2. The van der Waals surface area contributed by atoms with E-state index >= 15 is 0 Å². The van der Waals surface area contributed by atoms with Gasteiger partial charge in [0.05, 0.1) is 13.2 Å². The molecule has 336 valence electrons. The molecule has 0 heterocycles. The number of rotatable bonds is 48. The quantitative estimate of drug-likeness (QED) is 0.0348. The van der Waals surface area contributed by atoms with Gasteiger partial charge in [0.2, 0.25) is 0 Å². The highest BCUT2D eigenvalue weighted by Gasteiger charge is 2.12. The van der Waals surface area contributed by atoms with Crippen LogP contribution in [0.25, 0.3) is 0 Å². The van der Waals surface area contributed by atoms with Crippen molar-refractivity contribution < 1.29 is 23.7 Å². The van der Waals surface area contributed by atoms with E-state index in [1.54, 1.807) is 0 Å². The molecule has 0 fully saturated rings. The first-order valence-corrected chi connectivity index (χ1v) is 24.9. The molecule has 0 spiro atoms. The zero-order valence-electron chi connectivity index (χ0n) is 38.7. The molecule has 0 aromatic rings. The van der Waals surface area contributed by atoms with Crippen molar-refractivity contribution in [3.63, 3.8) is 0 Å². The van der Waals surface area contributed by atoms with Crippen LogP contribution >= 0.6 is 0 Å². The Morgan fingerprint density at radius 2 is 0.561 bits per heavy atom. The van der Waals surface area contributed by atoms with E-state index in [-0.39, 0.29) is 26.2 Å². The maximum absolute atomic E-state index is 6.16. The summed E-state index contributed by atoms with van der Waals surface area (Å²) in [4.78, 5) is 0. The fraction of sp³-hybridized carbons (Fsp3) is 0.846. The summed E-state index contributed by atoms with van der Waals surface area (Å²) in [7, 11) is 0. The lowest BCUT2D eigenvalue weighted by Gasteiger charge is -2.20. The van der Waals surface area contributed by atoms with E-state index in [0.717, 1.165) is 38.5 Å². The maximum atomic E-state index is 6.16. The summed E-state index contributed by atoms with van der Waals surface area (Å²) < 4.78 is 30.2. The molecule has 0 bridgehead atoms. The van der Waals surface area contributed by atoms with Gasteiger partial charge in [-0.15, -0.1) is 0 Å². The molecule has 57 heavy (non-hydrogen) atoms. The lowest BCUT2D eigenvalue weighted by molar-refractivity contribution is -0.248. The summed E-state index contributed by atoms with van der Waals surface area (Å²) in [6.07, 6.45) is 60.3. The summed E-state index contributed by atoms with van der Waals surface area (Å²) in [6, 6.07) is 0. The van der Waals surface area contributed by atoms with Gasteiger partial charge in [-0.3, -0.25) is 0 Å². The van der Waals surface area contributed by atoms with Crippen LogP contribution in [0.5, 0.6) is 0 Å². The van der Waals surface area contributed by atoms with Crippen LogP contribution < -0.4 is 0 Å². The Hall–Kier alpha value is -1.24. The summed E-state index contributed by atoms with van der Waals surface area (Å²) in [5.74, 6) is 0. The van der Waals surface area contributed by atoms with Gasteiger partial charge in [-0.05, 0) is 103 Å². The van der Waals surface area contributed by atoms with Crippen LogP contribution in [0.1, 0.15) is 246 Å². The molecule has 0 saturated carbocycles. The molecule has 0 saturated heterocycles. The van der Waals surface area contributed by atoms with E-state index in [1.807, 2.05) is 0 Å². The third-order valence-corrected chi connectivity index (χ3v) is 10.5. The highest BCUT2D eigenvalue weighted by Crippen LogP contribution is 2.14. The molecule has 5 nitrogen and oxygen atoms in total. The third kappa shape index (κ3) is 47.3. The highest BCUT2D eigenvalue weighted by molar-refractivity contribution is 4.83. The second kappa shape index (κ2) is 50.9. The highest BCUT2D eigenvalue weighted by atomic mass is 16.8. The van der Waals surface area contributed by atoms with Crippen molar-refractivity contribution in [3.05, 3.63) is 48.6 Å². The minimum atomic E-state index is -0.234. The van der Waals surface area contributed by atoms with Crippen molar-refractivity contribution in [3.8, 4) is 0 Å². The molecule has 0 aliphatic heterocycles. The number of ether oxygens (including phenoxy) is 5. The fourth-order valence-corrected chi connectivity index (χ4v) is 6.77. The normalized spacial score (nSPS) is 13.4. The van der Waals surface area contributed by atoms with Crippen LogP contribution in [0.4, 0.5) is 0 Å². The van der Waals surface area contributed by atoms with Crippen molar-refractivity contribution in [2.45, 2.75) is 259 Å². The zero-order chi connectivity index (χ0) is 41.2. The van der Waals surface area contributed by atoms with Crippen LogP contribution in [0.3, 0.4) is 0 Å². The minimum Gasteiger partial charge on any atom is -0.352 e. The summed E-state index contributed by atoms with van der Waals surface area (Å²) in [6.45, 7) is 10.7. The molecule has 0 radical (unpaired) electrons. The van der Waals surface area contributed by atoms with E-state index in [0.29, 0.717) is 13.2 Å². The van der Waals surface area contributed by atoms with Crippen LogP contribution in [0.2, 0.25) is 0 Å². The maximum Gasteiger partial charge on any atom is 0.160 e. The SMILES string of the molecule is CCCCC=CCCCCCCCCC=CCCOC(CCCCCC)OCOCOC(CCCCCC)OCCC=CCCCCCCCCC=CCCCC. The van der Waals surface area contributed by atoms with E-state index in [9.17, 15) is 0 Å². The standard InChI is InChI=1S/C52H98O5/c1-5-9-13-17-19-21-23-25-27-29-31-33-35-37-39-43-47-54-51(45-41-15-11-7-3)56-49-53-50-57-52(46-42-16-12-8-4)55-48-44-40-38-36-34-32-30-28-26-24-22-20-18-14-10-6-2/h17-20,37-40,51-52H,5-16,21-36,41-50H2,1-4H3. The van der Waals surface area contributed by atoms with E-state index < -0.39 is 0 Å². The summed E-state index contributed by atoms with van der Waals surface area (Å²) >= 11 is 0. The Morgan fingerprint density at radius 1 is 0.281 bits per heavy atom. The number of allylic oxidation sites excluding steroid dienone is 6. The fourth-order valence-electron chi connectivity index (χ4n) is 6.77. The van der Waals surface area contributed by atoms with Crippen molar-refractivity contribution in [2.24, 2.45) is 0 Å². The summed E-state index contributed by atoms with van der Waals surface area (Å²) in [5, 5.41) is 0. The smallest absolute Gasteiger partial charge is 0.160 e. The minimum absolute atomic E-state index is 0.172. The third-order valence-electron chi connectivity index (χ3n) is 10.5. The average Bonchev–Trinajstić information content (AvgIpc) is 3.22. The van der Waals surface area contributed by atoms with Gasteiger partial charge in [0.25, 0.3) is 0 Å². The first-order valence-electron chi connectivity index (χ1n) is 24.9. The van der Waals surface area contributed by atoms with Crippen molar-refractivity contribution in [1.82, 2.24) is 0 Å². The van der Waals surface area contributed by atoms with E-state index in [4.69, 9.17) is 23.7 Å². The zero-order valence-corrected chi connectivity index (χ0v) is 38.7. The molecule has 0 aromatic carbocycles. The topological polar surface area (TPSA) is 46.2 Å². The van der Waals surface area contributed by atoms with Crippen LogP contribution in [0.15, 0.2) is 48.6 Å². The number of hydrogen-bond donors (Lipinski definition) is 0. The number of unbranched alkanes of at least 4 members (excludes halogenated alkanes) is 24. The lowest BCUT2D eigenvalue weighted by atomic mass is 10.1. The van der Waals surface area contributed by atoms with Gasteiger partial charge in [0.1, 0.15) is 0 Å². The van der Waals surface area contributed by atoms with Gasteiger partial charge in [-0.2, -0.15) is 0 Å².